The summed E-state index contributed by atoms with van der Waals surface area (Å²) in [5, 5.41) is 2.21. The molecule has 0 fully saturated rings. The van der Waals surface area contributed by atoms with Crippen LogP contribution in [0, 0.1) is 0 Å². The molecule has 0 spiro atoms. The molecule has 0 aliphatic carbocycles. The van der Waals surface area contributed by atoms with Crippen LogP contribution in [0.5, 0.6) is 0 Å². The third-order valence-corrected chi connectivity index (χ3v) is 3.86. The topological polar surface area (TPSA) is 34.4 Å². The molecule has 86 valence electrons. The number of pyridine rings is 2. The quantitative estimate of drug-likeness (QED) is 0.500. The molecule has 4 aromatic rings. The molecule has 1 aromatic carbocycles. The average molecular weight is 299 g/mol. The average Bonchev–Trinajstić information content (AvgIpc) is 2.72. The van der Waals surface area contributed by atoms with Gasteiger partial charge in [0.05, 0.1) is 15.5 Å². The predicted molar refractivity (Wildman–Crippen MR) is 75.4 cm³/mol. The molecular weight excluding hydrogens is 292 g/mol. The zero-order valence-electron chi connectivity index (χ0n) is 9.22. The van der Waals surface area contributed by atoms with Gasteiger partial charge in [0, 0.05) is 23.2 Å². The van der Waals surface area contributed by atoms with Gasteiger partial charge in [-0.2, -0.15) is 0 Å². The monoisotopic (exact) mass is 298 g/mol. The van der Waals surface area contributed by atoms with E-state index in [2.05, 4.69) is 27.0 Å². The Hall–Kier alpha value is -1.94. The molecule has 0 aliphatic heterocycles. The van der Waals surface area contributed by atoms with E-state index in [4.69, 9.17) is 0 Å². The van der Waals surface area contributed by atoms with E-state index in [1.807, 2.05) is 34.9 Å². The first-order chi connectivity index (χ1) is 8.77. The van der Waals surface area contributed by atoms with Gasteiger partial charge in [-0.05, 0) is 28.1 Å². The van der Waals surface area contributed by atoms with Crippen molar-refractivity contribution in [2.24, 2.45) is 0 Å². The van der Waals surface area contributed by atoms with Crippen LogP contribution in [0.4, 0.5) is 0 Å². The Morgan fingerprint density at radius 2 is 1.94 bits per heavy atom. The Balaban J connectivity index is 2.52. The Labute approximate surface area is 110 Å². The molecule has 3 heterocycles. The highest BCUT2D eigenvalue weighted by Crippen LogP contribution is 2.30. The lowest BCUT2D eigenvalue weighted by Crippen LogP contribution is -2.06. The van der Waals surface area contributed by atoms with Crippen molar-refractivity contribution in [1.82, 2.24) is 9.38 Å². The zero-order valence-corrected chi connectivity index (χ0v) is 10.8. The van der Waals surface area contributed by atoms with Crippen molar-refractivity contribution in [1.29, 1.82) is 0 Å². The van der Waals surface area contributed by atoms with Gasteiger partial charge in [-0.15, -0.1) is 0 Å². The van der Waals surface area contributed by atoms with Crippen molar-refractivity contribution in [3.05, 3.63) is 57.4 Å². The van der Waals surface area contributed by atoms with Crippen LogP contribution in [0.1, 0.15) is 0 Å². The van der Waals surface area contributed by atoms with Gasteiger partial charge < -0.3 is 4.40 Å². The lowest BCUT2D eigenvalue weighted by atomic mass is 10.2. The molecule has 0 atom stereocenters. The highest BCUT2D eigenvalue weighted by Gasteiger charge is 2.14. The van der Waals surface area contributed by atoms with Crippen LogP contribution < -0.4 is 5.43 Å². The lowest BCUT2D eigenvalue weighted by molar-refractivity contribution is 1.22. The van der Waals surface area contributed by atoms with E-state index in [9.17, 15) is 4.79 Å². The van der Waals surface area contributed by atoms with E-state index in [0.29, 0.717) is 9.99 Å². The highest BCUT2D eigenvalue weighted by molar-refractivity contribution is 9.10. The molecule has 4 rings (SSSR count). The molecule has 0 saturated heterocycles. The maximum Gasteiger partial charge on any atom is 0.221 e. The minimum Gasteiger partial charge on any atom is -0.313 e. The number of fused-ring (bicyclic) bond motifs is 3. The van der Waals surface area contributed by atoms with E-state index in [1.165, 1.54) is 0 Å². The van der Waals surface area contributed by atoms with Gasteiger partial charge in [-0.25, -0.2) is 0 Å². The van der Waals surface area contributed by atoms with Gasteiger partial charge >= 0.3 is 0 Å². The Morgan fingerprint density at radius 3 is 2.83 bits per heavy atom. The van der Waals surface area contributed by atoms with Gasteiger partial charge in [0.25, 0.3) is 0 Å². The fourth-order valence-corrected chi connectivity index (χ4v) is 2.92. The van der Waals surface area contributed by atoms with Crippen LogP contribution in [-0.4, -0.2) is 9.38 Å². The third-order valence-electron chi connectivity index (χ3n) is 3.29. The van der Waals surface area contributed by atoms with Crippen LogP contribution in [-0.2, 0) is 0 Å². The number of halogens is 1. The van der Waals surface area contributed by atoms with Gasteiger partial charge in [-0.1, -0.05) is 18.2 Å². The number of nitrogens with zero attached hydrogens (tertiary/aromatic N) is 2. The molecule has 0 aliphatic rings. The van der Waals surface area contributed by atoms with Gasteiger partial charge in [0.1, 0.15) is 5.52 Å². The number of rotatable bonds is 0. The van der Waals surface area contributed by atoms with E-state index in [1.54, 1.807) is 6.20 Å². The second-order valence-electron chi connectivity index (χ2n) is 4.25. The highest BCUT2D eigenvalue weighted by atomic mass is 79.9. The van der Waals surface area contributed by atoms with Crippen molar-refractivity contribution in [2.75, 3.05) is 0 Å². The molecule has 0 N–H and O–H groups in total. The van der Waals surface area contributed by atoms with Crippen LogP contribution in [0.3, 0.4) is 0 Å². The number of aromatic nitrogens is 2. The Kier molecular flexibility index (Phi) is 1.84. The summed E-state index contributed by atoms with van der Waals surface area (Å²) in [4.78, 5) is 16.3. The SMILES string of the molecule is O=c1c(Br)cn2c3ccccc3c3ccnc1c32. The first-order valence-corrected chi connectivity index (χ1v) is 6.36. The van der Waals surface area contributed by atoms with E-state index in [0.717, 1.165) is 21.8 Å². The van der Waals surface area contributed by atoms with Crippen molar-refractivity contribution in [3.8, 4) is 0 Å². The fraction of sp³-hybridized carbons (Fsp3) is 0. The summed E-state index contributed by atoms with van der Waals surface area (Å²) in [6, 6.07) is 10.1. The molecule has 4 heteroatoms. The van der Waals surface area contributed by atoms with E-state index >= 15 is 0 Å². The number of benzene rings is 1. The molecule has 3 aromatic heterocycles. The lowest BCUT2D eigenvalue weighted by Gasteiger charge is -2.00. The maximum atomic E-state index is 12.1. The molecular formula is C14H7BrN2O. The smallest absolute Gasteiger partial charge is 0.221 e. The summed E-state index contributed by atoms with van der Waals surface area (Å²) in [5.41, 5.74) is 2.44. The van der Waals surface area contributed by atoms with Gasteiger partial charge in [0.15, 0.2) is 0 Å². The summed E-state index contributed by atoms with van der Waals surface area (Å²) in [5.74, 6) is 0. The summed E-state index contributed by atoms with van der Waals surface area (Å²) < 4.78 is 2.56. The van der Waals surface area contributed by atoms with Crippen LogP contribution in [0.25, 0.3) is 27.3 Å². The minimum absolute atomic E-state index is 0.0593. The first-order valence-electron chi connectivity index (χ1n) is 5.57. The largest absolute Gasteiger partial charge is 0.313 e. The standard InChI is InChI=1S/C14H7BrN2O/c15-10-7-17-11-4-2-1-3-8(11)9-5-6-16-12(13(9)17)14(10)18/h1-7H. The number of hydrogen-bond acceptors (Lipinski definition) is 2. The van der Waals surface area contributed by atoms with Crippen molar-refractivity contribution >= 4 is 43.3 Å². The summed E-state index contributed by atoms with van der Waals surface area (Å²) >= 11 is 3.31. The number of hydrogen-bond donors (Lipinski definition) is 0. The Bertz CT molecular complexity index is 958. The van der Waals surface area contributed by atoms with Crippen LogP contribution >= 0.6 is 15.9 Å². The summed E-state index contributed by atoms with van der Waals surface area (Å²) in [6.07, 6.45) is 3.51. The molecule has 18 heavy (non-hydrogen) atoms. The molecule has 0 unspecified atom stereocenters. The number of para-hydroxylation sites is 1. The second-order valence-corrected chi connectivity index (χ2v) is 5.10. The predicted octanol–water partition coefficient (Wildman–Crippen LogP) is 3.20. The zero-order chi connectivity index (χ0) is 12.3. The maximum absolute atomic E-state index is 12.1. The van der Waals surface area contributed by atoms with E-state index in [-0.39, 0.29) is 5.43 Å². The van der Waals surface area contributed by atoms with Crippen molar-refractivity contribution in [2.45, 2.75) is 0 Å². The molecule has 0 amide bonds. The van der Waals surface area contributed by atoms with Crippen molar-refractivity contribution < 1.29 is 0 Å². The van der Waals surface area contributed by atoms with Gasteiger partial charge in [0.2, 0.25) is 5.43 Å². The molecule has 0 saturated carbocycles. The van der Waals surface area contributed by atoms with Crippen LogP contribution in [0.2, 0.25) is 0 Å². The third kappa shape index (κ3) is 1.08. The first kappa shape index (κ1) is 10.0. The Morgan fingerprint density at radius 1 is 1.11 bits per heavy atom. The summed E-state index contributed by atoms with van der Waals surface area (Å²) in [7, 11) is 0. The molecule has 0 bridgehead atoms. The van der Waals surface area contributed by atoms with E-state index < -0.39 is 0 Å². The van der Waals surface area contributed by atoms with Crippen LogP contribution in [0.15, 0.2) is 52.0 Å². The van der Waals surface area contributed by atoms with Crippen molar-refractivity contribution in [3.63, 3.8) is 0 Å². The molecule has 0 radical (unpaired) electrons. The van der Waals surface area contributed by atoms with Gasteiger partial charge in [-0.3, -0.25) is 9.78 Å². The minimum atomic E-state index is -0.0593. The summed E-state index contributed by atoms with van der Waals surface area (Å²) in [6.45, 7) is 0. The fourth-order valence-electron chi connectivity index (χ4n) is 2.53. The normalized spacial score (nSPS) is 11.8. The molecule has 3 nitrogen and oxygen atoms in total. The second kappa shape index (κ2) is 3.29.